The summed E-state index contributed by atoms with van der Waals surface area (Å²) in [7, 11) is 0. The van der Waals surface area contributed by atoms with Gasteiger partial charge in [0.15, 0.2) is 0 Å². The molecule has 0 rings (SSSR count). The van der Waals surface area contributed by atoms with E-state index < -0.39 is 29.7 Å². The van der Waals surface area contributed by atoms with Gasteiger partial charge < -0.3 is 31.6 Å². The molecule has 0 aliphatic rings. The largest absolute Gasteiger partial charge is 0.464 e. The Kier molecular flexibility index (Phi) is 14.3. The molecule has 2 atom stereocenters. The Balaban J connectivity index is 4.40. The van der Waals surface area contributed by atoms with Gasteiger partial charge in [0.2, 0.25) is 5.91 Å². The van der Waals surface area contributed by atoms with E-state index in [0.717, 1.165) is 12.8 Å². The van der Waals surface area contributed by atoms with Crippen molar-refractivity contribution < 1.29 is 23.9 Å². The highest BCUT2D eigenvalue weighted by atomic mass is 16.6. The van der Waals surface area contributed by atoms with Crippen LogP contribution in [0.4, 0.5) is 4.79 Å². The van der Waals surface area contributed by atoms with E-state index in [2.05, 4.69) is 15.6 Å². The first-order chi connectivity index (χ1) is 14.5. The normalized spacial score (nSPS) is 13.8. The van der Waals surface area contributed by atoms with E-state index >= 15 is 0 Å². The molecule has 0 spiro atoms. The Morgan fingerprint density at radius 1 is 1.06 bits per heavy atom. The number of unbranched alkanes of at least 4 members (excludes halogenated alkanes) is 2. The summed E-state index contributed by atoms with van der Waals surface area (Å²) in [5.41, 5.74) is 10.9. The van der Waals surface area contributed by atoms with Crippen LogP contribution in [0.3, 0.4) is 0 Å². The summed E-state index contributed by atoms with van der Waals surface area (Å²) in [4.78, 5) is 40.3. The van der Waals surface area contributed by atoms with Crippen LogP contribution in [0.25, 0.3) is 0 Å². The lowest BCUT2D eigenvalue weighted by Gasteiger charge is -2.20. The number of nitrogens with one attached hydrogen (secondary N) is 2. The Morgan fingerprint density at radius 3 is 2.29 bits per heavy atom. The zero-order chi connectivity index (χ0) is 23.9. The van der Waals surface area contributed by atoms with Crippen molar-refractivity contribution in [2.75, 3.05) is 19.7 Å². The molecular weight excluding hydrogens is 402 g/mol. The van der Waals surface area contributed by atoms with Gasteiger partial charge in [0.1, 0.15) is 11.6 Å². The molecule has 2 amide bonds. The Labute approximate surface area is 185 Å². The highest BCUT2D eigenvalue weighted by Crippen LogP contribution is 2.08. The van der Waals surface area contributed by atoms with Gasteiger partial charge in [0.25, 0.3) is 0 Å². The molecule has 31 heavy (non-hydrogen) atoms. The lowest BCUT2D eigenvalue weighted by Crippen LogP contribution is -2.49. The number of carbonyl (C=O) groups is 3. The molecule has 0 unspecified atom stereocenters. The van der Waals surface area contributed by atoms with E-state index in [1.54, 1.807) is 34.6 Å². The van der Waals surface area contributed by atoms with Gasteiger partial charge in [0, 0.05) is 13.1 Å². The molecule has 0 bridgehead atoms. The average Bonchev–Trinajstić information content (AvgIpc) is 2.64. The number of esters is 1. The fourth-order valence-corrected chi connectivity index (χ4v) is 2.61. The van der Waals surface area contributed by atoms with Crippen molar-refractivity contribution in [1.82, 2.24) is 10.6 Å². The molecule has 6 N–H and O–H groups in total. The Morgan fingerprint density at radius 2 is 1.71 bits per heavy atom. The number of nitrogens with zero attached hydrogens (tertiary/aromatic N) is 1. The minimum atomic E-state index is -0.774. The van der Waals surface area contributed by atoms with Gasteiger partial charge in [0.05, 0.1) is 18.5 Å². The zero-order valence-corrected chi connectivity index (χ0v) is 19.7. The van der Waals surface area contributed by atoms with Crippen LogP contribution in [0.15, 0.2) is 4.99 Å². The number of ether oxygens (including phenoxy) is 2. The summed E-state index contributed by atoms with van der Waals surface area (Å²) < 4.78 is 10.2. The maximum Gasteiger partial charge on any atom is 0.407 e. The summed E-state index contributed by atoms with van der Waals surface area (Å²) in [5, 5.41) is 5.36. The minimum absolute atomic E-state index is 0.221. The summed E-state index contributed by atoms with van der Waals surface area (Å²) in [6.45, 7) is 10.0. The van der Waals surface area contributed by atoms with Crippen LogP contribution in [0.1, 0.15) is 73.1 Å². The second-order valence-electron chi connectivity index (χ2n) is 8.36. The molecular formula is C21H41N5O5. The van der Waals surface area contributed by atoms with Crippen molar-refractivity contribution in [2.24, 2.45) is 16.5 Å². The molecule has 0 aromatic carbocycles. The predicted octanol–water partition coefficient (Wildman–Crippen LogP) is 1.60. The standard InChI is InChI=1S/C21H41N5O5/c1-6-30-19(28)17(12-8-10-14-25-20(29)31-21(3,4)5)26-18(27)16(23)11-7-9-13-24-15(2)22/h16-17H,6-14,23H2,1-5H3,(H2,22,24)(H,25,29)(H,26,27)/t16-,17-/m0/s1. The smallest absolute Gasteiger partial charge is 0.407 e. The van der Waals surface area contributed by atoms with Gasteiger partial charge in [-0.05, 0) is 73.1 Å². The number of amidine groups is 1. The monoisotopic (exact) mass is 443 g/mol. The first-order valence-corrected chi connectivity index (χ1v) is 10.9. The molecule has 10 heteroatoms. The van der Waals surface area contributed by atoms with Crippen molar-refractivity contribution in [3.05, 3.63) is 0 Å². The highest BCUT2D eigenvalue weighted by Gasteiger charge is 2.24. The van der Waals surface area contributed by atoms with Crippen LogP contribution in [0, 0.1) is 0 Å². The highest BCUT2D eigenvalue weighted by molar-refractivity contribution is 5.87. The molecule has 10 nitrogen and oxygen atoms in total. The van der Waals surface area contributed by atoms with Crippen molar-refractivity contribution in [3.8, 4) is 0 Å². The second-order valence-corrected chi connectivity index (χ2v) is 8.36. The maximum absolute atomic E-state index is 12.4. The minimum Gasteiger partial charge on any atom is -0.464 e. The number of nitrogens with two attached hydrogens (primary N) is 2. The van der Waals surface area contributed by atoms with E-state index in [1.807, 2.05) is 0 Å². The number of alkyl carbamates (subject to hydrolysis) is 1. The molecule has 0 aromatic heterocycles. The predicted molar refractivity (Wildman–Crippen MR) is 121 cm³/mol. The average molecular weight is 444 g/mol. The third kappa shape index (κ3) is 16.1. The number of hydrogen-bond acceptors (Lipinski definition) is 7. The first kappa shape index (κ1) is 28.6. The second kappa shape index (κ2) is 15.4. The van der Waals surface area contributed by atoms with Gasteiger partial charge in [-0.2, -0.15) is 0 Å². The lowest BCUT2D eigenvalue weighted by atomic mass is 10.1. The van der Waals surface area contributed by atoms with E-state index in [9.17, 15) is 14.4 Å². The van der Waals surface area contributed by atoms with E-state index in [0.29, 0.717) is 44.6 Å². The summed E-state index contributed by atoms with van der Waals surface area (Å²) in [6.07, 6.45) is 3.12. The van der Waals surface area contributed by atoms with Crippen LogP contribution < -0.4 is 22.1 Å². The van der Waals surface area contributed by atoms with E-state index in [-0.39, 0.29) is 12.5 Å². The Bertz CT molecular complexity index is 585. The van der Waals surface area contributed by atoms with Crippen molar-refractivity contribution in [1.29, 1.82) is 0 Å². The lowest BCUT2D eigenvalue weighted by molar-refractivity contribution is -0.147. The molecule has 0 saturated carbocycles. The molecule has 0 radical (unpaired) electrons. The van der Waals surface area contributed by atoms with Gasteiger partial charge in [-0.1, -0.05) is 0 Å². The fraction of sp³-hybridized carbons (Fsp3) is 0.810. The third-order valence-electron chi connectivity index (χ3n) is 4.10. The molecule has 0 heterocycles. The fourth-order valence-electron chi connectivity index (χ4n) is 2.61. The van der Waals surface area contributed by atoms with Crippen molar-refractivity contribution in [2.45, 2.75) is 90.8 Å². The summed E-state index contributed by atoms with van der Waals surface area (Å²) >= 11 is 0. The van der Waals surface area contributed by atoms with Gasteiger partial charge in [-0.3, -0.25) is 9.79 Å². The van der Waals surface area contributed by atoms with Crippen LogP contribution in [-0.4, -0.2) is 61.2 Å². The molecule has 180 valence electrons. The van der Waals surface area contributed by atoms with Gasteiger partial charge in [-0.15, -0.1) is 0 Å². The number of amides is 2. The Hall–Kier alpha value is -2.36. The molecule has 0 aliphatic heterocycles. The summed E-state index contributed by atoms with van der Waals surface area (Å²) in [6, 6.07) is -1.49. The van der Waals surface area contributed by atoms with Crippen LogP contribution in [-0.2, 0) is 19.1 Å². The summed E-state index contributed by atoms with van der Waals surface area (Å²) in [5.74, 6) is -0.347. The molecule has 0 aromatic rings. The van der Waals surface area contributed by atoms with Crippen LogP contribution in [0.5, 0.6) is 0 Å². The van der Waals surface area contributed by atoms with Crippen molar-refractivity contribution in [3.63, 3.8) is 0 Å². The van der Waals surface area contributed by atoms with E-state index in [4.69, 9.17) is 20.9 Å². The number of aliphatic imine (C=N–C) groups is 1. The topological polar surface area (TPSA) is 158 Å². The number of carbonyl (C=O) groups excluding carboxylic acids is 3. The quantitative estimate of drug-likeness (QED) is 0.137. The van der Waals surface area contributed by atoms with Gasteiger partial charge >= 0.3 is 12.1 Å². The maximum atomic E-state index is 12.4. The van der Waals surface area contributed by atoms with Crippen LogP contribution in [0.2, 0.25) is 0 Å². The van der Waals surface area contributed by atoms with Gasteiger partial charge in [-0.25, -0.2) is 9.59 Å². The SMILES string of the molecule is CCOC(=O)[C@H](CCCCNC(=O)OC(C)(C)C)NC(=O)[C@@H](N)CCCCN=C(C)N. The van der Waals surface area contributed by atoms with Crippen molar-refractivity contribution >= 4 is 23.8 Å². The van der Waals surface area contributed by atoms with E-state index in [1.165, 1.54) is 0 Å². The van der Waals surface area contributed by atoms with Crippen LogP contribution >= 0.6 is 0 Å². The molecule has 0 aliphatic carbocycles. The number of rotatable bonds is 14. The molecule has 0 fully saturated rings. The number of hydrogen-bond donors (Lipinski definition) is 4. The molecule has 0 saturated heterocycles. The third-order valence-corrected chi connectivity index (χ3v) is 4.10. The first-order valence-electron chi connectivity index (χ1n) is 10.9. The zero-order valence-electron chi connectivity index (χ0n) is 19.7.